The van der Waals surface area contributed by atoms with Gasteiger partial charge in [-0.3, -0.25) is 0 Å². The maximum Gasteiger partial charge on any atom is 0.252 e. The van der Waals surface area contributed by atoms with Gasteiger partial charge in [-0.25, -0.2) is 9.67 Å². The van der Waals surface area contributed by atoms with Crippen LogP contribution in [-0.4, -0.2) is 21.4 Å². The lowest BCUT2D eigenvalue weighted by molar-refractivity contribution is 0.291. The van der Waals surface area contributed by atoms with E-state index in [1.165, 1.54) is 6.33 Å². The van der Waals surface area contributed by atoms with Gasteiger partial charge >= 0.3 is 0 Å². The summed E-state index contributed by atoms with van der Waals surface area (Å²) in [6, 6.07) is 11.4. The molecule has 0 aliphatic carbocycles. The fourth-order valence-corrected chi connectivity index (χ4v) is 1.23. The second-order valence-corrected chi connectivity index (χ2v) is 3.10. The maximum absolute atomic E-state index is 8.53. The number of nitriles is 1. The molecule has 0 spiro atoms. The molecule has 0 radical (unpaired) electrons. The van der Waals surface area contributed by atoms with Crippen molar-refractivity contribution in [3.63, 3.8) is 0 Å². The van der Waals surface area contributed by atoms with Gasteiger partial charge in [-0.1, -0.05) is 18.2 Å². The molecule has 0 amide bonds. The third-order valence-electron chi connectivity index (χ3n) is 1.97. The van der Waals surface area contributed by atoms with Crippen molar-refractivity contribution in [3.05, 3.63) is 42.5 Å². The lowest BCUT2D eigenvalue weighted by Gasteiger charge is -2.04. The first-order chi connectivity index (χ1) is 7.88. The standard InChI is InChI=1S/C11H10N4O/c12-8-11-13-9-15(14-11)6-7-16-10-4-2-1-3-5-10/h1-5,9H,6-7H2. The van der Waals surface area contributed by atoms with E-state index in [1.54, 1.807) is 4.68 Å². The van der Waals surface area contributed by atoms with Crippen LogP contribution in [0.5, 0.6) is 5.75 Å². The Hall–Kier alpha value is -2.35. The molecule has 0 atom stereocenters. The largest absolute Gasteiger partial charge is 0.492 e. The average Bonchev–Trinajstić information content (AvgIpc) is 2.78. The monoisotopic (exact) mass is 214 g/mol. The van der Waals surface area contributed by atoms with E-state index in [2.05, 4.69) is 10.1 Å². The number of hydrogen-bond acceptors (Lipinski definition) is 4. The first kappa shape index (κ1) is 10.2. The Morgan fingerprint density at radius 3 is 2.81 bits per heavy atom. The summed E-state index contributed by atoms with van der Waals surface area (Å²) in [5, 5.41) is 12.5. The average molecular weight is 214 g/mol. The molecule has 0 aliphatic heterocycles. The fourth-order valence-electron chi connectivity index (χ4n) is 1.23. The van der Waals surface area contributed by atoms with Crippen LogP contribution in [0.1, 0.15) is 5.82 Å². The molecule has 5 nitrogen and oxygen atoms in total. The van der Waals surface area contributed by atoms with Crippen LogP contribution in [-0.2, 0) is 6.54 Å². The smallest absolute Gasteiger partial charge is 0.252 e. The minimum Gasteiger partial charge on any atom is -0.492 e. The molecule has 16 heavy (non-hydrogen) atoms. The Kier molecular flexibility index (Phi) is 3.14. The zero-order valence-electron chi connectivity index (χ0n) is 8.58. The molecule has 0 N–H and O–H groups in total. The summed E-state index contributed by atoms with van der Waals surface area (Å²) in [5.74, 6) is 1.00. The van der Waals surface area contributed by atoms with E-state index in [9.17, 15) is 0 Å². The van der Waals surface area contributed by atoms with Crippen LogP contribution < -0.4 is 4.74 Å². The molecular formula is C11H10N4O. The van der Waals surface area contributed by atoms with Gasteiger partial charge in [0.2, 0.25) is 0 Å². The third kappa shape index (κ3) is 2.58. The first-order valence-electron chi connectivity index (χ1n) is 4.86. The summed E-state index contributed by atoms with van der Waals surface area (Å²) in [6.45, 7) is 1.07. The topological polar surface area (TPSA) is 63.7 Å². The lowest BCUT2D eigenvalue weighted by atomic mass is 10.3. The van der Waals surface area contributed by atoms with Gasteiger partial charge in [0.05, 0.1) is 6.54 Å². The minimum atomic E-state index is 0.180. The van der Waals surface area contributed by atoms with Gasteiger partial charge in [0, 0.05) is 0 Å². The molecule has 0 saturated carbocycles. The van der Waals surface area contributed by atoms with Gasteiger partial charge in [-0.2, -0.15) is 5.26 Å². The number of rotatable bonds is 4. The van der Waals surface area contributed by atoms with E-state index in [0.29, 0.717) is 13.2 Å². The SMILES string of the molecule is N#Cc1ncn(CCOc2ccccc2)n1. The van der Waals surface area contributed by atoms with Gasteiger partial charge in [-0.05, 0) is 12.1 Å². The summed E-state index contributed by atoms with van der Waals surface area (Å²) < 4.78 is 7.07. The number of para-hydroxylation sites is 1. The normalized spacial score (nSPS) is 9.69. The summed E-state index contributed by atoms with van der Waals surface area (Å²) in [7, 11) is 0. The predicted molar refractivity (Wildman–Crippen MR) is 56.7 cm³/mol. The van der Waals surface area contributed by atoms with Gasteiger partial charge in [0.1, 0.15) is 24.8 Å². The van der Waals surface area contributed by atoms with Crippen LogP contribution >= 0.6 is 0 Å². The second-order valence-electron chi connectivity index (χ2n) is 3.10. The Bertz CT molecular complexity index is 486. The Morgan fingerprint density at radius 2 is 2.12 bits per heavy atom. The van der Waals surface area contributed by atoms with Crippen LogP contribution in [0.25, 0.3) is 0 Å². The van der Waals surface area contributed by atoms with Gasteiger partial charge in [0.25, 0.3) is 5.82 Å². The van der Waals surface area contributed by atoms with E-state index in [-0.39, 0.29) is 5.82 Å². The number of hydrogen-bond donors (Lipinski definition) is 0. The molecule has 1 aromatic carbocycles. The number of nitrogens with zero attached hydrogens (tertiary/aromatic N) is 4. The third-order valence-corrected chi connectivity index (χ3v) is 1.97. The molecule has 1 aromatic heterocycles. The summed E-state index contributed by atoms with van der Waals surface area (Å²) in [5.41, 5.74) is 0. The van der Waals surface area contributed by atoms with E-state index in [0.717, 1.165) is 5.75 Å². The number of ether oxygens (including phenoxy) is 1. The second kappa shape index (κ2) is 4.94. The Labute approximate surface area is 92.9 Å². The van der Waals surface area contributed by atoms with Crippen LogP contribution in [0.4, 0.5) is 0 Å². The van der Waals surface area contributed by atoms with Gasteiger partial charge < -0.3 is 4.74 Å². The van der Waals surface area contributed by atoms with Crippen molar-refractivity contribution in [3.8, 4) is 11.8 Å². The number of benzene rings is 1. The lowest BCUT2D eigenvalue weighted by Crippen LogP contribution is -2.08. The van der Waals surface area contributed by atoms with E-state index in [1.807, 2.05) is 36.4 Å². The molecule has 0 bridgehead atoms. The molecule has 0 unspecified atom stereocenters. The highest BCUT2D eigenvalue weighted by Gasteiger charge is 1.98. The van der Waals surface area contributed by atoms with E-state index in [4.69, 9.17) is 10.00 Å². The summed E-state index contributed by atoms with van der Waals surface area (Å²) in [4.78, 5) is 3.80. The van der Waals surface area contributed by atoms with Crippen molar-refractivity contribution in [1.29, 1.82) is 5.26 Å². The molecule has 0 saturated heterocycles. The predicted octanol–water partition coefficient (Wildman–Crippen LogP) is 1.23. The maximum atomic E-state index is 8.53. The molecule has 0 fully saturated rings. The van der Waals surface area contributed by atoms with Crippen molar-refractivity contribution in [2.75, 3.05) is 6.61 Å². The molecule has 2 aromatic rings. The Balaban J connectivity index is 1.83. The molecular weight excluding hydrogens is 204 g/mol. The van der Waals surface area contributed by atoms with Gasteiger partial charge in [-0.15, -0.1) is 5.10 Å². The summed E-state index contributed by atoms with van der Waals surface area (Å²) >= 11 is 0. The first-order valence-corrected chi connectivity index (χ1v) is 4.86. The molecule has 0 aliphatic rings. The Morgan fingerprint density at radius 1 is 1.31 bits per heavy atom. The van der Waals surface area contributed by atoms with E-state index >= 15 is 0 Å². The van der Waals surface area contributed by atoms with Crippen molar-refractivity contribution < 1.29 is 4.74 Å². The number of aromatic nitrogens is 3. The fraction of sp³-hybridized carbons (Fsp3) is 0.182. The van der Waals surface area contributed by atoms with Crippen LogP contribution in [0, 0.1) is 11.3 Å². The molecule has 1 heterocycles. The van der Waals surface area contributed by atoms with Crippen LogP contribution in [0.2, 0.25) is 0 Å². The minimum absolute atomic E-state index is 0.180. The highest BCUT2D eigenvalue weighted by atomic mass is 16.5. The van der Waals surface area contributed by atoms with Crippen LogP contribution in [0.15, 0.2) is 36.7 Å². The zero-order valence-corrected chi connectivity index (χ0v) is 8.58. The van der Waals surface area contributed by atoms with Crippen molar-refractivity contribution in [2.45, 2.75) is 6.54 Å². The van der Waals surface area contributed by atoms with Crippen molar-refractivity contribution in [1.82, 2.24) is 14.8 Å². The molecule has 80 valence electrons. The zero-order chi connectivity index (χ0) is 11.2. The van der Waals surface area contributed by atoms with Crippen LogP contribution in [0.3, 0.4) is 0 Å². The quantitative estimate of drug-likeness (QED) is 0.767. The van der Waals surface area contributed by atoms with Crippen molar-refractivity contribution in [2.24, 2.45) is 0 Å². The highest BCUT2D eigenvalue weighted by molar-refractivity contribution is 5.20. The van der Waals surface area contributed by atoms with Gasteiger partial charge in [0.15, 0.2) is 0 Å². The summed E-state index contributed by atoms with van der Waals surface area (Å²) in [6.07, 6.45) is 1.52. The highest BCUT2D eigenvalue weighted by Crippen LogP contribution is 2.07. The van der Waals surface area contributed by atoms with E-state index < -0.39 is 0 Å². The van der Waals surface area contributed by atoms with Crippen molar-refractivity contribution >= 4 is 0 Å². The molecule has 5 heteroatoms. The molecule has 2 rings (SSSR count).